The van der Waals surface area contributed by atoms with Gasteiger partial charge in [0.05, 0.1) is 12.0 Å². The predicted octanol–water partition coefficient (Wildman–Crippen LogP) is 5.08. The number of aryl methyl sites for hydroxylation is 1. The average Bonchev–Trinajstić information content (AvgIpc) is 3.38. The van der Waals surface area contributed by atoms with E-state index in [0.29, 0.717) is 68.5 Å². The number of carbonyl (C=O) groups is 3. The van der Waals surface area contributed by atoms with Crippen LogP contribution in [0.5, 0.6) is 0 Å². The zero-order chi connectivity index (χ0) is 28.5. The summed E-state index contributed by atoms with van der Waals surface area (Å²) in [4.78, 5) is 46.3. The fourth-order valence-electron chi connectivity index (χ4n) is 6.56. The number of carbonyl (C=O) groups excluding carboxylic acids is 3. The number of imidazole rings is 1. The van der Waals surface area contributed by atoms with Gasteiger partial charge in [-0.1, -0.05) is 49.9 Å². The maximum Gasteiger partial charge on any atom is 0.315 e. The SMILES string of the molecule is CCCC(=O)C1(C2CCCCC2)CCN(C(=O)[C@@H](Cc2ccc(Cl)cc2)NC(=O)NCCc2cn(C)cn2)CC1. The number of ketones is 1. The first-order valence-corrected chi connectivity index (χ1v) is 15.3. The Morgan fingerprint density at radius 1 is 1.10 bits per heavy atom. The van der Waals surface area contributed by atoms with Crippen LogP contribution in [0.3, 0.4) is 0 Å². The van der Waals surface area contributed by atoms with Crippen LogP contribution in [0.1, 0.15) is 76.0 Å². The molecule has 1 atom stereocenters. The molecule has 1 aromatic heterocycles. The van der Waals surface area contributed by atoms with Crippen molar-refractivity contribution in [3.8, 4) is 0 Å². The Hall–Kier alpha value is -2.87. The third-order valence-corrected chi connectivity index (χ3v) is 9.02. The van der Waals surface area contributed by atoms with Crippen LogP contribution in [0.15, 0.2) is 36.8 Å². The van der Waals surface area contributed by atoms with E-state index in [4.69, 9.17) is 11.6 Å². The van der Waals surface area contributed by atoms with E-state index < -0.39 is 6.04 Å². The van der Waals surface area contributed by atoms with E-state index in [9.17, 15) is 14.4 Å². The second-order valence-corrected chi connectivity index (χ2v) is 12.0. The van der Waals surface area contributed by atoms with Gasteiger partial charge >= 0.3 is 6.03 Å². The summed E-state index contributed by atoms with van der Waals surface area (Å²) in [6.07, 6.45) is 13.4. The Labute approximate surface area is 243 Å². The summed E-state index contributed by atoms with van der Waals surface area (Å²) >= 11 is 6.08. The molecule has 2 fully saturated rings. The molecule has 0 unspecified atom stereocenters. The number of benzene rings is 1. The highest BCUT2D eigenvalue weighted by molar-refractivity contribution is 6.30. The number of likely N-dealkylation sites (tertiary alicyclic amines) is 1. The highest BCUT2D eigenvalue weighted by Gasteiger charge is 2.47. The van der Waals surface area contributed by atoms with Crippen LogP contribution in [0.4, 0.5) is 4.79 Å². The minimum Gasteiger partial charge on any atom is -0.341 e. The minimum absolute atomic E-state index is 0.102. The zero-order valence-corrected chi connectivity index (χ0v) is 24.7. The summed E-state index contributed by atoms with van der Waals surface area (Å²) in [7, 11) is 1.91. The molecule has 218 valence electrons. The average molecular weight is 570 g/mol. The van der Waals surface area contributed by atoms with Gasteiger partial charge in [0.25, 0.3) is 0 Å². The molecule has 0 spiro atoms. The number of urea groups is 1. The van der Waals surface area contributed by atoms with Crippen molar-refractivity contribution in [3.63, 3.8) is 0 Å². The van der Waals surface area contributed by atoms with Crippen LogP contribution in [0.2, 0.25) is 5.02 Å². The van der Waals surface area contributed by atoms with Crippen molar-refractivity contribution < 1.29 is 14.4 Å². The summed E-state index contributed by atoms with van der Waals surface area (Å²) in [6.45, 7) is 3.58. The van der Waals surface area contributed by atoms with Crippen LogP contribution >= 0.6 is 11.6 Å². The molecular weight excluding hydrogens is 526 g/mol. The molecule has 2 aliphatic rings. The van der Waals surface area contributed by atoms with Gasteiger partial charge in [-0.15, -0.1) is 0 Å². The number of hydrogen-bond donors (Lipinski definition) is 2. The largest absolute Gasteiger partial charge is 0.341 e. The first-order chi connectivity index (χ1) is 19.3. The van der Waals surface area contributed by atoms with Crippen LogP contribution in [0, 0.1) is 11.3 Å². The van der Waals surface area contributed by atoms with Crippen molar-refractivity contribution in [3.05, 3.63) is 53.1 Å². The molecule has 40 heavy (non-hydrogen) atoms. The number of rotatable bonds is 11. The van der Waals surface area contributed by atoms with E-state index in [0.717, 1.165) is 30.5 Å². The summed E-state index contributed by atoms with van der Waals surface area (Å²) < 4.78 is 1.87. The number of piperidine rings is 1. The number of hydrogen-bond acceptors (Lipinski definition) is 4. The Bertz CT molecular complexity index is 1130. The van der Waals surface area contributed by atoms with E-state index >= 15 is 0 Å². The molecule has 2 heterocycles. The monoisotopic (exact) mass is 569 g/mol. The van der Waals surface area contributed by atoms with Gasteiger partial charge in [0.15, 0.2) is 0 Å². The number of nitrogens with zero attached hydrogens (tertiary/aromatic N) is 3. The number of halogens is 1. The van der Waals surface area contributed by atoms with Crippen molar-refractivity contribution in [2.75, 3.05) is 19.6 Å². The second-order valence-electron chi connectivity index (χ2n) is 11.6. The third kappa shape index (κ3) is 7.65. The van der Waals surface area contributed by atoms with Crippen LogP contribution < -0.4 is 10.6 Å². The van der Waals surface area contributed by atoms with E-state index in [1.54, 1.807) is 18.5 Å². The molecule has 1 aromatic carbocycles. The van der Waals surface area contributed by atoms with Gasteiger partial charge in [0.1, 0.15) is 11.8 Å². The van der Waals surface area contributed by atoms with E-state index in [-0.39, 0.29) is 17.4 Å². The van der Waals surface area contributed by atoms with Gasteiger partial charge in [-0.05, 0) is 55.7 Å². The first kappa shape index (κ1) is 30.1. The minimum atomic E-state index is -0.718. The lowest BCUT2D eigenvalue weighted by atomic mass is 9.61. The van der Waals surface area contributed by atoms with Gasteiger partial charge < -0.3 is 20.1 Å². The summed E-state index contributed by atoms with van der Waals surface area (Å²) in [5.41, 5.74) is 1.50. The molecule has 1 saturated heterocycles. The smallest absolute Gasteiger partial charge is 0.315 e. The molecule has 4 rings (SSSR count). The maximum atomic E-state index is 13.8. The summed E-state index contributed by atoms with van der Waals surface area (Å²) in [5, 5.41) is 6.43. The predicted molar refractivity (Wildman–Crippen MR) is 157 cm³/mol. The fourth-order valence-corrected chi connectivity index (χ4v) is 6.68. The molecule has 1 saturated carbocycles. The van der Waals surface area contributed by atoms with Gasteiger partial charge in [-0.25, -0.2) is 9.78 Å². The van der Waals surface area contributed by atoms with Crippen LogP contribution in [0.25, 0.3) is 0 Å². The quantitative estimate of drug-likeness (QED) is 0.394. The Morgan fingerprint density at radius 3 is 2.42 bits per heavy atom. The molecule has 2 N–H and O–H groups in total. The molecule has 1 aliphatic carbocycles. The van der Waals surface area contributed by atoms with E-state index in [1.165, 1.54) is 19.3 Å². The first-order valence-electron chi connectivity index (χ1n) is 14.9. The summed E-state index contributed by atoms with van der Waals surface area (Å²) in [5.74, 6) is 0.706. The standard InChI is InChI=1S/C31H44ClN5O3/c1-3-7-28(38)31(24-8-5-4-6-9-24)15-18-37(19-16-31)29(39)27(20-23-10-12-25(32)13-11-23)35-30(40)33-17-14-26-21-36(2)22-34-26/h10-13,21-22,24,27H,3-9,14-20H2,1-2H3,(H2,33,35,40)/t27-/m1/s1. The number of aromatic nitrogens is 2. The van der Waals surface area contributed by atoms with E-state index in [2.05, 4.69) is 22.5 Å². The number of amides is 3. The van der Waals surface area contributed by atoms with Crippen molar-refractivity contribution >= 4 is 29.3 Å². The second kappa shape index (κ2) is 14.2. The normalized spacial score (nSPS) is 18.2. The van der Waals surface area contributed by atoms with Gasteiger partial charge in [0, 0.05) is 62.6 Å². The van der Waals surface area contributed by atoms with Gasteiger partial charge in [0.2, 0.25) is 5.91 Å². The Morgan fingerprint density at radius 2 is 1.80 bits per heavy atom. The molecule has 9 heteroatoms. The topological polar surface area (TPSA) is 96.3 Å². The van der Waals surface area contributed by atoms with E-state index in [1.807, 2.05) is 34.8 Å². The molecule has 2 aromatic rings. The van der Waals surface area contributed by atoms with Crippen molar-refractivity contribution in [1.29, 1.82) is 0 Å². The highest BCUT2D eigenvalue weighted by Crippen LogP contribution is 2.47. The van der Waals surface area contributed by atoms with Crippen molar-refractivity contribution in [1.82, 2.24) is 25.1 Å². The highest BCUT2D eigenvalue weighted by atomic mass is 35.5. The van der Waals surface area contributed by atoms with Crippen molar-refractivity contribution in [2.24, 2.45) is 18.4 Å². The lowest BCUT2D eigenvalue weighted by Crippen LogP contribution is -2.56. The molecule has 0 bridgehead atoms. The third-order valence-electron chi connectivity index (χ3n) is 8.77. The number of nitrogens with one attached hydrogen (secondary N) is 2. The zero-order valence-electron chi connectivity index (χ0n) is 24.0. The fraction of sp³-hybridized carbons (Fsp3) is 0.613. The lowest BCUT2D eigenvalue weighted by Gasteiger charge is -2.47. The number of Topliss-reactive ketones (excluding diaryl/α,β-unsaturated/α-hetero) is 1. The Balaban J connectivity index is 1.42. The van der Waals surface area contributed by atoms with Crippen LogP contribution in [-0.4, -0.2) is 57.8 Å². The van der Waals surface area contributed by atoms with Gasteiger partial charge in [-0.2, -0.15) is 0 Å². The molecule has 8 nitrogen and oxygen atoms in total. The summed E-state index contributed by atoms with van der Waals surface area (Å²) in [6, 6.07) is 6.27. The Kier molecular flexibility index (Phi) is 10.6. The molecule has 1 aliphatic heterocycles. The van der Waals surface area contributed by atoms with Gasteiger partial charge in [-0.3, -0.25) is 9.59 Å². The van der Waals surface area contributed by atoms with Crippen molar-refractivity contribution in [2.45, 2.75) is 83.6 Å². The molecular formula is C31H44ClN5O3. The molecule has 3 amide bonds. The molecule has 0 radical (unpaired) electrons. The lowest BCUT2D eigenvalue weighted by molar-refractivity contribution is -0.144. The van der Waals surface area contributed by atoms with Crippen LogP contribution in [-0.2, 0) is 29.5 Å². The maximum absolute atomic E-state index is 13.8.